The highest BCUT2D eigenvalue weighted by molar-refractivity contribution is 7.13. The second kappa shape index (κ2) is 24.9. The van der Waals surface area contributed by atoms with E-state index in [1.807, 2.05) is 93.9 Å². The lowest BCUT2D eigenvalue weighted by Gasteiger charge is -2.35. The molecule has 0 radical (unpaired) electrons. The summed E-state index contributed by atoms with van der Waals surface area (Å²) in [5, 5.41) is 36.5. The molecule has 1 unspecified atom stereocenters. The molecule has 13 nitrogen and oxygen atoms in total. The number of unbranched alkanes of at least 4 members (excludes halogenated alkanes) is 3. The second-order valence-electron chi connectivity index (χ2n) is 20.0. The number of phenolic OH excluding ortho intramolecular Hbond substituents is 2. The fraction of sp³-hybridized carbons (Fsp3) is 0.439. The average Bonchev–Trinajstić information content (AvgIpc) is 3.98. The number of aromatic nitrogens is 1. The molecular weight excluding hydrogens is 913 g/mol. The Morgan fingerprint density at radius 1 is 0.789 bits per heavy atom. The van der Waals surface area contributed by atoms with E-state index >= 15 is 0 Å². The topological polar surface area (TPSA) is 168 Å². The van der Waals surface area contributed by atoms with E-state index in [0.29, 0.717) is 13.0 Å². The van der Waals surface area contributed by atoms with Gasteiger partial charge in [-0.1, -0.05) is 101 Å². The molecule has 2 aliphatic heterocycles. The predicted molar refractivity (Wildman–Crippen MR) is 282 cm³/mol. The molecule has 71 heavy (non-hydrogen) atoms. The molecule has 5 aromatic rings. The maximum absolute atomic E-state index is 14.1. The van der Waals surface area contributed by atoms with E-state index in [-0.39, 0.29) is 48.7 Å². The summed E-state index contributed by atoms with van der Waals surface area (Å²) < 4.78 is 6.21. The normalized spacial score (nSPS) is 17.4. The van der Waals surface area contributed by atoms with Gasteiger partial charge in [-0.2, -0.15) is 0 Å². The lowest BCUT2D eigenvalue weighted by atomic mass is 9.85. The van der Waals surface area contributed by atoms with E-state index in [0.717, 1.165) is 127 Å². The predicted octanol–water partition coefficient (Wildman–Crippen LogP) is 8.65. The van der Waals surface area contributed by atoms with Gasteiger partial charge in [-0.3, -0.25) is 19.3 Å². The monoisotopic (exact) mass is 985 g/mol. The van der Waals surface area contributed by atoms with Crippen molar-refractivity contribution in [2.24, 2.45) is 5.41 Å². The van der Waals surface area contributed by atoms with Crippen LogP contribution in [0.2, 0.25) is 0 Å². The maximum Gasteiger partial charge on any atom is 0.246 e. The minimum atomic E-state index is -0.845. The highest BCUT2D eigenvalue weighted by Crippen LogP contribution is 2.36. The zero-order chi connectivity index (χ0) is 50.5. The molecule has 1 aromatic heterocycles. The zero-order valence-corrected chi connectivity index (χ0v) is 42.8. The number of carbonyl (C=O) groups is 3. The lowest BCUT2D eigenvalue weighted by Crippen LogP contribution is -2.57. The summed E-state index contributed by atoms with van der Waals surface area (Å²) in [7, 11) is 0. The van der Waals surface area contributed by atoms with Gasteiger partial charge in [0.25, 0.3) is 0 Å². The van der Waals surface area contributed by atoms with E-state index in [2.05, 4.69) is 44.5 Å². The lowest BCUT2D eigenvalue weighted by molar-refractivity contribution is -0.144. The quantitative estimate of drug-likeness (QED) is 0.0355. The average molecular weight is 985 g/mol. The van der Waals surface area contributed by atoms with Crippen LogP contribution in [0.4, 0.5) is 0 Å². The van der Waals surface area contributed by atoms with Crippen molar-refractivity contribution >= 4 is 40.2 Å². The van der Waals surface area contributed by atoms with Gasteiger partial charge in [0, 0.05) is 58.7 Å². The Morgan fingerprint density at radius 2 is 1.38 bits per heavy atom. The molecule has 0 bridgehead atoms. The number of rotatable bonds is 21. The summed E-state index contributed by atoms with van der Waals surface area (Å²) in [5.41, 5.74) is 9.47. The Hall–Kier alpha value is -6.06. The Bertz CT molecular complexity index is 2550. The van der Waals surface area contributed by atoms with E-state index in [4.69, 9.17) is 4.74 Å². The maximum atomic E-state index is 14.1. The van der Waals surface area contributed by atoms with E-state index in [9.17, 15) is 29.7 Å². The van der Waals surface area contributed by atoms with Crippen molar-refractivity contribution in [1.29, 1.82) is 0 Å². The van der Waals surface area contributed by atoms with Crippen LogP contribution in [-0.4, -0.2) is 123 Å². The fourth-order valence-corrected chi connectivity index (χ4v) is 10.4. The number of benzene rings is 4. The Balaban J connectivity index is 0.789. The summed E-state index contributed by atoms with van der Waals surface area (Å²) in [6, 6.07) is 29.1. The molecule has 5 N–H and O–H groups in total. The fourth-order valence-electron chi connectivity index (χ4n) is 9.57. The number of nitrogens with one attached hydrogen (secondary N) is 2. The Kier molecular flexibility index (Phi) is 18.5. The van der Waals surface area contributed by atoms with Gasteiger partial charge in [0.05, 0.1) is 22.2 Å². The minimum absolute atomic E-state index is 0.0382. The van der Waals surface area contributed by atoms with Gasteiger partial charge in [-0.05, 0) is 114 Å². The highest BCUT2D eigenvalue weighted by atomic mass is 32.1. The molecule has 14 heteroatoms. The van der Waals surface area contributed by atoms with Crippen LogP contribution in [0.15, 0.2) is 103 Å². The molecule has 3 atom stereocenters. The molecule has 2 saturated heterocycles. The smallest absolute Gasteiger partial charge is 0.246 e. The number of aromatic hydroxyl groups is 2. The molecule has 2 aliphatic rings. The molecule has 7 rings (SSSR count). The van der Waals surface area contributed by atoms with Crippen LogP contribution in [0.5, 0.6) is 17.2 Å². The number of piperazine rings is 1. The van der Waals surface area contributed by atoms with Crippen LogP contribution in [0.1, 0.15) is 101 Å². The number of β-amino-alcohol motifs (C(OH)–C–C–N with tert-alkyl or cyclic N) is 1. The number of nitrogens with zero attached hydrogens (tertiary/aromatic N) is 4. The first-order valence-electron chi connectivity index (χ1n) is 25.2. The number of ether oxygens (including phenoxy) is 1. The first-order valence-corrected chi connectivity index (χ1v) is 26.1. The molecule has 3 amide bonds. The van der Waals surface area contributed by atoms with Gasteiger partial charge in [-0.15, -0.1) is 11.3 Å². The summed E-state index contributed by atoms with van der Waals surface area (Å²) in [4.78, 5) is 52.7. The van der Waals surface area contributed by atoms with Crippen LogP contribution >= 0.6 is 11.3 Å². The number of thiazole rings is 1. The number of amides is 3. The summed E-state index contributed by atoms with van der Waals surface area (Å²) >= 11 is 1.59. The molecule has 3 heterocycles. The third-order valence-corrected chi connectivity index (χ3v) is 14.6. The Morgan fingerprint density at radius 3 is 1.97 bits per heavy atom. The first-order chi connectivity index (χ1) is 34.2. The molecule has 0 aliphatic carbocycles. The third kappa shape index (κ3) is 14.5. The molecule has 0 saturated carbocycles. The van der Waals surface area contributed by atoms with E-state index in [1.165, 1.54) is 4.90 Å². The molecule has 4 aromatic carbocycles. The van der Waals surface area contributed by atoms with E-state index in [1.54, 1.807) is 35.6 Å². The number of aliphatic hydroxyl groups is 1. The number of carbonyl (C=O) groups excluding carboxylic acids is 3. The Labute approximate surface area is 423 Å². The SMILES string of the molecule is CCC(=C(c1ccc(O)cc1)c1ccc(OCCN2CCN(CCCCCCC(=O)NC(C(=O)N3C[C@H](O)C[C@H]3C(=O)NCc3ccc(-c4scnc4C)cc3)C(C)(C)C)CC2)cc1)c1ccc(O)cc1. The number of likely N-dealkylation sites (tertiary alicyclic amines) is 1. The zero-order valence-electron chi connectivity index (χ0n) is 42.0. The summed E-state index contributed by atoms with van der Waals surface area (Å²) in [5.74, 6) is 0.398. The molecule has 378 valence electrons. The van der Waals surface area contributed by atoms with Crippen molar-refractivity contribution in [3.63, 3.8) is 0 Å². The summed E-state index contributed by atoms with van der Waals surface area (Å²) in [6.45, 7) is 16.6. The van der Waals surface area contributed by atoms with Gasteiger partial charge >= 0.3 is 0 Å². The van der Waals surface area contributed by atoms with Crippen molar-refractivity contribution < 1.29 is 34.4 Å². The van der Waals surface area contributed by atoms with Crippen LogP contribution in [0, 0.1) is 12.3 Å². The van der Waals surface area contributed by atoms with Gasteiger partial charge in [0.1, 0.15) is 35.9 Å². The van der Waals surface area contributed by atoms with Crippen LogP contribution in [0.25, 0.3) is 21.6 Å². The first kappa shape index (κ1) is 52.8. The highest BCUT2D eigenvalue weighted by Gasteiger charge is 2.44. The van der Waals surface area contributed by atoms with Gasteiger partial charge in [0.2, 0.25) is 17.7 Å². The number of hydrogen-bond donors (Lipinski definition) is 5. The molecular formula is C57H72N6O7S. The van der Waals surface area contributed by atoms with Gasteiger partial charge in [0.15, 0.2) is 0 Å². The van der Waals surface area contributed by atoms with Crippen LogP contribution in [0.3, 0.4) is 0 Å². The third-order valence-electron chi connectivity index (χ3n) is 13.7. The van der Waals surface area contributed by atoms with Crippen molar-refractivity contribution in [3.05, 3.63) is 131 Å². The number of aryl methyl sites for hydroxylation is 1. The van der Waals surface area contributed by atoms with Crippen molar-refractivity contribution in [2.45, 2.75) is 104 Å². The van der Waals surface area contributed by atoms with Crippen molar-refractivity contribution in [2.75, 3.05) is 52.4 Å². The van der Waals surface area contributed by atoms with Crippen molar-refractivity contribution in [3.8, 4) is 27.7 Å². The number of phenols is 2. The van der Waals surface area contributed by atoms with Gasteiger partial charge in [-0.25, -0.2) is 4.98 Å². The van der Waals surface area contributed by atoms with Gasteiger partial charge < -0.3 is 40.5 Å². The largest absolute Gasteiger partial charge is 0.508 e. The minimum Gasteiger partial charge on any atom is -0.508 e. The number of aliphatic hydroxyl groups excluding tert-OH is 1. The van der Waals surface area contributed by atoms with Crippen molar-refractivity contribution in [1.82, 2.24) is 30.3 Å². The second-order valence-corrected chi connectivity index (χ2v) is 20.8. The van der Waals surface area contributed by atoms with Crippen LogP contribution in [-0.2, 0) is 20.9 Å². The standard InChI is InChI=1S/C57H72N6O7S/c1-6-49(41-16-22-45(64)23-17-41)52(42-18-24-46(65)25-19-42)43-20-26-48(27-21-43)70-34-33-62-31-29-61(30-32-62)28-10-8-7-9-11-51(67)60-54(57(3,4)5)56(69)63-37-47(66)35-50(63)55(68)58-36-40-12-14-44(15-13-40)53-39(2)59-38-71-53/h12-27,38,47,50,54,64-66H,6-11,28-37H2,1-5H3,(H,58,68)(H,60,67)/t47-,50+,54?/m1/s1. The molecule has 0 spiro atoms. The summed E-state index contributed by atoms with van der Waals surface area (Å²) in [6.07, 6.45) is 4.13. The molecule has 2 fully saturated rings. The number of allylic oxidation sites excluding steroid dienone is 1. The van der Waals surface area contributed by atoms with Crippen LogP contribution < -0.4 is 15.4 Å². The number of hydrogen-bond acceptors (Lipinski definition) is 11. The van der Waals surface area contributed by atoms with E-state index < -0.39 is 23.6 Å².